The van der Waals surface area contributed by atoms with Crippen molar-refractivity contribution in [1.29, 1.82) is 0 Å². The zero-order valence-corrected chi connectivity index (χ0v) is 16.5. The molecule has 2 aliphatic rings. The third-order valence-electron chi connectivity index (χ3n) is 5.36. The van der Waals surface area contributed by atoms with Crippen molar-refractivity contribution in [3.8, 4) is 23.6 Å². The van der Waals surface area contributed by atoms with E-state index < -0.39 is 0 Å². The largest absolute Gasteiger partial charge is 0.365 e. The number of likely N-dealkylation sites (tertiary alicyclic amines) is 1. The summed E-state index contributed by atoms with van der Waals surface area (Å²) in [5.41, 5.74) is 4.48. The summed E-state index contributed by atoms with van der Waals surface area (Å²) in [7, 11) is 0. The second kappa shape index (κ2) is 8.64. The van der Waals surface area contributed by atoms with Crippen molar-refractivity contribution in [2.24, 2.45) is 4.99 Å². The Hall–Kier alpha value is -2.55. The Balaban J connectivity index is 1.61. The van der Waals surface area contributed by atoms with Gasteiger partial charge in [0, 0.05) is 48.0 Å². The topological polar surface area (TPSA) is 56.3 Å². The predicted molar refractivity (Wildman–Crippen MR) is 117 cm³/mol. The molecule has 0 spiro atoms. The molecule has 0 atom stereocenters. The monoisotopic (exact) mass is 393 g/mol. The number of nitrogens with one attached hydrogen (secondary N) is 2. The number of H-pyrrole nitrogens is 1. The molecule has 144 valence electrons. The molecule has 6 heteroatoms. The standard InChI is InChI=1S/C22H24ClN5/c1-2-13-28-14-9-19(10-15-28)25-22-20(16-7-11-24-12-8-16)21(26-27-22)17-3-5-18(23)6-4-17/h1,3-7,11,19H,8-10,12-15H2,(H2,25,26,27). The lowest BCUT2D eigenvalue weighted by molar-refractivity contribution is 0.243. The molecular formula is C22H24ClN5. The van der Waals surface area contributed by atoms with Crippen LogP contribution in [0.25, 0.3) is 16.8 Å². The van der Waals surface area contributed by atoms with Crippen molar-refractivity contribution in [1.82, 2.24) is 15.1 Å². The molecule has 0 amide bonds. The normalized spacial score (nSPS) is 17.9. The number of allylic oxidation sites excluding steroid dienone is 1. The van der Waals surface area contributed by atoms with E-state index in [1.807, 2.05) is 30.5 Å². The number of aromatic amines is 1. The highest BCUT2D eigenvalue weighted by molar-refractivity contribution is 6.30. The molecule has 3 heterocycles. The first-order valence-electron chi connectivity index (χ1n) is 9.70. The molecule has 0 radical (unpaired) electrons. The molecule has 1 fully saturated rings. The van der Waals surface area contributed by atoms with Gasteiger partial charge >= 0.3 is 0 Å². The fourth-order valence-corrected chi connectivity index (χ4v) is 3.96. The van der Waals surface area contributed by atoms with Crippen LogP contribution in [0, 0.1) is 12.3 Å². The lowest BCUT2D eigenvalue weighted by atomic mass is 9.96. The van der Waals surface area contributed by atoms with E-state index in [9.17, 15) is 0 Å². The highest BCUT2D eigenvalue weighted by atomic mass is 35.5. The smallest absolute Gasteiger partial charge is 0.156 e. The molecule has 2 aliphatic heterocycles. The summed E-state index contributed by atoms with van der Waals surface area (Å²) in [5.74, 6) is 3.66. The first-order chi connectivity index (χ1) is 13.7. The number of benzene rings is 1. The van der Waals surface area contributed by atoms with Gasteiger partial charge in [-0.25, -0.2) is 0 Å². The molecule has 2 N–H and O–H groups in total. The first kappa shape index (κ1) is 18.8. The van der Waals surface area contributed by atoms with E-state index in [2.05, 4.69) is 37.4 Å². The fourth-order valence-electron chi connectivity index (χ4n) is 3.84. The van der Waals surface area contributed by atoms with Gasteiger partial charge in [0.2, 0.25) is 0 Å². The Kier molecular flexibility index (Phi) is 5.80. The number of piperidine rings is 1. The van der Waals surface area contributed by atoms with Crippen LogP contribution in [0.1, 0.15) is 24.8 Å². The highest BCUT2D eigenvalue weighted by Crippen LogP contribution is 2.36. The molecule has 28 heavy (non-hydrogen) atoms. The van der Waals surface area contributed by atoms with Crippen LogP contribution in [0.3, 0.4) is 0 Å². The quantitative estimate of drug-likeness (QED) is 0.752. The van der Waals surface area contributed by atoms with E-state index in [1.54, 1.807) is 0 Å². The maximum atomic E-state index is 6.07. The van der Waals surface area contributed by atoms with Gasteiger partial charge in [-0.1, -0.05) is 29.7 Å². The van der Waals surface area contributed by atoms with E-state index >= 15 is 0 Å². The van der Waals surface area contributed by atoms with E-state index in [-0.39, 0.29) is 0 Å². The van der Waals surface area contributed by atoms with Gasteiger partial charge in [0.1, 0.15) is 0 Å². The van der Waals surface area contributed by atoms with Crippen LogP contribution in [-0.4, -0.2) is 53.5 Å². The molecule has 1 saturated heterocycles. The van der Waals surface area contributed by atoms with Gasteiger partial charge in [-0.2, -0.15) is 5.10 Å². The summed E-state index contributed by atoms with van der Waals surface area (Å²) in [6.45, 7) is 3.57. The van der Waals surface area contributed by atoms with Crippen LogP contribution in [0.15, 0.2) is 35.3 Å². The molecule has 2 aromatic rings. The average Bonchev–Trinajstić information content (AvgIpc) is 3.14. The number of halogens is 1. The maximum absolute atomic E-state index is 6.07. The zero-order valence-electron chi connectivity index (χ0n) is 15.8. The van der Waals surface area contributed by atoms with E-state index in [0.717, 1.165) is 73.1 Å². The van der Waals surface area contributed by atoms with Crippen LogP contribution in [-0.2, 0) is 0 Å². The van der Waals surface area contributed by atoms with E-state index in [1.165, 1.54) is 5.57 Å². The summed E-state index contributed by atoms with van der Waals surface area (Å²) in [6.07, 6.45) is 12.5. The highest BCUT2D eigenvalue weighted by Gasteiger charge is 2.24. The van der Waals surface area contributed by atoms with E-state index in [0.29, 0.717) is 6.04 Å². The molecule has 0 saturated carbocycles. The van der Waals surface area contributed by atoms with Crippen molar-refractivity contribution in [2.75, 3.05) is 31.5 Å². The number of nitrogens with zero attached hydrogens (tertiary/aromatic N) is 3. The molecule has 1 aromatic heterocycles. The van der Waals surface area contributed by atoms with Gasteiger partial charge in [0.05, 0.1) is 12.2 Å². The van der Waals surface area contributed by atoms with Gasteiger partial charge < -0.3 is 5.32 Å². The predicted octanol–water partition coefficient (Wildman–Crippen LogP) is 4.10. The van der Waals surface area contributed by atoms with Crippen LogP contribution in [0.4, 0.5) is 5.82 Å². The number of dihydropyridines is 1. The zero-order chi connectivity index (χ0) is 19.3. The SMILES string of the molecule is C#CCN1CCC(Nc2n[nH]c(-c3ccc(Cl)cc3)c2C2=CC=NCC2)CC1. The molecule has 4 rings (SSSR count). The number of terminal acetylenes is 1. The Morgan fingerprint density at radius 3 is 2.71 bits per heavy atom. The molecule has 5 nitrogen and oxygen atoms in total. The maximum Gasteiger partial charge on any atom is 0.156 e. The summed E-state index contributed by atoms with van der Waals surface area (Å²) in [6, 6.07) is 8.27. The minimum absolute atomic E-state index is 0.395. The number of aromatic nitrogens is 2. The Labute approximate surface area is 170 Å². The number of hydrogen-bond donors (Lipinski definition) is 2. The third-order valence-corrected chi connectivity index (χ3v) is 5.61. The fraction of sp³-hybridized carbons (Fsp3) is 0.364. The summed E-state index contributed by atoms with van der Waals surface area (Å²) in [4.78, 5) is 6.65. The van der Waals surface area contributed by atoms with E-state index in [4.69, 9.17) is 18.0 Å². The number of hydrogen-bond acceptors (Lipinski definition) is 4. The van der Waals surface area contributed by atoms with Gasteiger partial charge in [0.15, 0.2) is 5.82 Å². The summed E-state index contributed by atoms with van der Waals surface area (Å²) >= 11 is 6.07. The molecule has 0 unspecified atom stereocenters. The second-order valence-corrected chi connectivity index (χ2v) is 7.66. The Bertz CT molecular complexity index is 911. The van der Waals surface area contributed by atoms with Crippen molar-refractivity contribution < 1.29 is 0 Å². The van der Waals surface area contributed by atoms with Gasteiger partial charge in [-0.3, -0.25) is 15.0 Å². The van der Waals surface area contributed by atoms with Gasteiger partial charge in [-0.05, 0) is 43.0 Å². The average molecular weight is 394 g/mol. The Morgan fingerprint density at radius 2 is 2.04 bits per heavy atom. The Morgan fingerprint density at radius 1 is 1.25 bits per heavy atom. The minimum atomic E-state index is 0.395. The van der Waals surface area contributed by atoms with Gasteiger partial charge in [-0.15, -0.1) is 6.42 Å². The third kappa shape index (κ3) is 4.14. The molecule has 0 bridgehead atoms. The minimum Gasteiger partial charge on any atom is -0.365 e. The van der Waals surface area contributed by atoms with Crippen LogP contribution in [0.2, 0.25) is 5.02 Å². The summed E-state index contributed by atoms with van der Waals surface area (Å²) in [5, 5.41) is 12.3. The lowest BCUT2D eigenvalue weighted by Crippen LogP contribution is -2.39. The first-order valence-corrected chi connectivity index (χ1v) is 10.1. The van der Waals surface area contributed by atoms with Crippen LogP contribution in [0.5, 0.6) is 0 Å². The van der Waals surface area contributed by atoms with Crippen molar-refractivity contribution in [2.45, 2.75) is 25.3 Å². The molecular weight excluding hydrogens is 370 g/mol. The molecule has 0 aliphatic carbocycles. The van der Waals surface area contributed by atoms with Crippen molar-refractivity contribution in [3.63, 3.8) is 0 Å². The van der Waals surface area contributed by atoms with Crippen LogP contribution >= 0.6 is 11.6 Å². The number of rotatable bonds is 5. The summed E-state index contributed by atoms with van der Waals surface area (Å²) < 4.78 is 0. The van der Waals surface area contributed by atoms with Crippen molar-refractivity contribution in [3.05, 3.63) is 40.9 Å². The van der Waals surface area contributed by atoms with Crippen molar-refractivity contribution >= 4 is 29.2 Å². The lowest BCUT2D eigenvalue weighted by Gasteiger charge is -2.31. The second-order valence-electron chi connectivity index (χ2n) is 7.23. The number of anilines is 1. The number of aliphatic imine (C=N–C) groups is 1. The molecule has 1 aromatic carbocycles. The van der Waals surface area contributed by atoms with Gasteiger partial charge in [0.25, 0.3) is 0 Å². The van der Waals surface area contributed by atoms with Crippen LogP contribution < -0.4 is 5.32 Å².